The lowest BCUT2D eigenvalue weighted by molar-refractivity contribution is -0.946. The third kappa shape index (κ3) is 7.89. The van der Waals surface area contributed by atoms with Crippen LogP contribution in [0.3, 0.4) is 0 Å². The summed E-state index contributed by atoms with van der Waals surface area (Å²) >= 11 is 1.11. The predicted molar refractivity (Wildman–Crippen MR) is 168 cm³/mol. The number of carbonyl (C=O) groups excluding carboxylic acids is 2. The van der Waals surface area contributed by atoms with Gasteiger partial charge in [-0.3, -0.25) is 19.2 Å². The summed E-state index contributed by atoms with van der Waals surface area (Å²) in [4.78, 5) is 53.2. The number of aliphatic carboxylic acids is 2. The van der Waals surface area contributed by atoms with Crippen molar-refractivity contribution in [1.82, 2.24) is 15.5 Å². The molecule has 7 N–H and O–H groups in total. The van der Waals surface area contributed by atoms with Gasteiger partial charge in [-0.25, -0.2) is 0 Å². The highest BCUT2D eigenvalue weighted by atomic mass is 32.2. The number of amidine groups is 1. The number of nitrogens with one attached hydrogen (secondary N) is 3. The molecular formula is C30H46N6O7S. The highest BCUT2D eigenvalue weighted by Crippen LogP contribution is 2.36. The lowest BCUT2D eigenvalue weighted by Gasteiger charge is -2.46. The van der Waals surface area contributed by atoms with Gasteiger partial charge in [0.1, 0.15) is 18.6 Å². The number of amides is 2. The van der Waals surface area contributed by atoms with Crippen LogP contribution in [0.15, 0.2) is 29.3 Å². The molecule has 244 valence electrons. The Morgan fingerprint density at radius 1 is 1.18 bits per heavy atom. The van der Waals surface area contributed by atoms with Crippen LogP contribution in [0.2, 0.25) is 0 Å². The molecule has 1 aromatic rings. The molecule has 3 rings (SSSR count). The smallest absolute Gasteiger partial charge is 0.322 e. The van der Waals surface area contributed by atoms with Crippen LogP contribution in [0.4, 0.5) is 0 Å². The zero-order valence-electron chi connectivity index (χ0n) is 33.6. The standard InChI is InChI=1S/C30H46N6O7S/c1-4-29(5-2)28(35-15-7-8-16-35)34-30(6-3,36(29)43)21-11-9-20(10-12-21)18-44-19-23(26(40)32-17-25(38)39)33-24(37)14-13-22(31)27(41)42/h9-12,22-23,36H,4-8,13-19,31H2,1-3H3,(H,32,40)(H,33,37)(H,38,39)(H,41,42)/t22-,23-,30?/m0/s1/i3D3,4D2,5D2,6D2. The maximum Gasteiger partial charge on any atom is 0.322 e. The molecule has 2 unspecified atom stereocenters. The monoisotopic (exact) mass is 643 g/mol. The molecule has 4 atom stereocenters. The number of quaternary nitrogens is 1. The van der Waals surface area contributed by atoms with Crippen LogP contribution in [0.5, 0.6) is 0 Å². The Labute approximate surface area is 275 Å². The van der Waals surface area contributed by atoms with E-state index in [2.05, 4.69) is 15.6 Å². The van der Waals surface area contributed by atoms with Crippen LogP contribution >= 0.6 is 11.8 Å². The van der Waals surface area contributed by atoms with Gasteiger partial charge in [0.05, 0.1) is 0 Å². The summed E-state index contributed by atoms with van der Waals surface area (Å²) < 4.78 is 77.6. The van der Waals surface area contributed by atoms with Crippen molar-refractivity contribution in [3.05, 3.63) is 40.6 Å². The maximum atomic E-state index is 14.9. The molecule has 14 heteroatoms. The maximum absolute atomic E-state index is 14.9. The zero-order chi connectivity index (χ0) is 40.4. The van der Waals surface area contributed by atoms with Crippen molar-refractivity contribution in [2.24, 2.45) is 10.7 Å². The Kier molecular flexibility index (Phi) is 8.59. The normalized spacial score (nSPS) is 26.5. The molecule has 2 amide bonds. The fourth-order valence-electron chi connectivity index (χ4n) is 5.11. The minimum absolute atomic E-state index is 0.0862. The first-order valence-electron chi connectivity index (χ1n) is 18.6. The lowest BCUT2D eigenvalue weighted by Crippen LogP contribution is -3.21. The van der Waals surface area contributed by atoms with E-state index in [-0.39, 0.29) is 48.8 Å². The van der Waals surface area contributed by atoms with Gasteiger partial charge >= 0.3 is 11.9 Å². The summed E-state index contributed by atoms with van der Waals surface area (Å²) in [5.41, 5.74) is 0.133. The average Bonchev–Trinajstić information content (AvgIpc) is 3.67. The second-order valence-corrected chi connectivity index (χ2v) is 11.5. The number of hydrogen-bond acceptors (Lipinski definition) is 9. The Hall–Kier alpha value is -3.20. The first-order valence-corrected chi connectivity index (χ1v) is 15.3. The van der Waals surface area contributed by atoms with Crippen LogP contribution in [0.1, 0.15) is 89.0 Å². The van der Waals surface area contributed by atoms with Gasteiger partial charge in [0.25, 0.3) is 0 Å². The van der Waals surface area contributed by atoms with Crippen molar-refractivity contribution in [3.63, 3.8) is 0 Å². The number of nitrogens with zero attached hydrogens (tertiary/aromatic N) is 2. The molecule has 0 radical (unpaired) electrons. The molecule has 13 nitrogen and oxygen atoms in total. The van der Waals surface area contributed by atoms with Crippen LogP contribution in [-0.2, 0) is 30.6 Å². The third-order valence-electron chi connectivity index (χ3n) is 7.60. The number of likely N-dealkylation sites (tertiary alicyclic amines) is 1. The second-order valence-electron chi connectivity index (χ2n) is 10.5. The van der Waals surface area contributed by atoms with Gasteiger partial charge in [0, 0.05) is 68.0 Å². The highest BCUT2D eigenvalue weighted by Gasteiger charge is 2.57. The number of hydroxylamine groups is 2. The minimum Gasteiger partial charge on any atom is -0.632 e. The molecular weight excluding hydrogens is 588 g/mol. The quantitative estimate of drug-likeness (QED) is 0.140. The van der Waals surface area contributed by atoms with Gasteiger partial charge in [-0.05, 0) is 24.8 Å². The predicted octanol–water partition coefficient (Wildman–Crippen LogP) is 0.810. The third-order valence-corrected chi connectivity index (χ3v) is 8.71. The van der Waals surface area contributed by atoms with Crippen molar-refractivity contribution in [3.8, 4) is 0 Å². The Bertz CT molecular complexity index is 1540. The number of hydrogen-bond donors (Lipinski definition) is 6. The molecule has 0 saturated carbocycles. The fraction of sp³-hybridized carbons (Fsp3) is 0.633. The molecule has 2 heterocycles. The number of thioether (sulfide) groups is 1. The highest BCUT2D eigenvalue weighted by molar-refractivity contribution is 7.98. The van der Waals surface area contributed by atoms with E-state index in [0.29, 0.717) is 18.4 Å². The van der Waals surface area contributed by atoms with Crippen molar-refractivity contribution in [2.45, 2.75) is 94.5 Å². The van der Waals surface area contributed by atoms with Gasteiger partial charge < -0.3 is 41.8 Å². The molecule has 44 heavy (non-hydrogen) atoms. The van der Waals surface area contributed by atoms with Crippen molar-refractivity contribution < 1.29 is 46.8 Å². The van der Waals surface area contributed by atoms with Gasteiger partial charge in [-0.2, -0.15) is 16.8 Å². The number of carboxylic acid groups (broad SMARTS) is 2. The SMILES string of the molecule is [2H]C([2H])([2H])C([2H])([2H])C1(c2ccc(CSC[C@H](NC(=O)CC[C@H](N)C(=O)O)C(=O)NCC(=O)O)cc2)N=C(N2CCCC2)C(C([2H])([2H])C)(C([2H])([2H])C)[NH+]1[O-]. The van der Waals surface area contributed by atoms with Crippen LogP contribution in [-0.4, -0.2) is 87.7 Å². The zero-order valence-corrected chi connectivity index (χ0v) is 25.5. The van der Waals surface area contributed by atoms with E-state index in [1.54, 1.807) is 0 Å². The summed E-state index contributed by atoms with van der Waals surface area (Å²) in [6.45, 7) is -1.66. The molecule has 2 aliphatic rings. The average molecular weight is 644 g/mol. The molecule has 2 aliphatic heterocycles. The summed E-state index contributed by atoms with van der Waals surface area (Å²) in [6, 6.07) is 2.90. The molecule has 0 bridgehead atoms. The van der Waals surface area contributed by atoms with Gasteiger partial charge in [-0.1, -0.05) is 45.0 Å². The van der Waals surface area contributed by atoms with Crippen molar-refractivity contribution in [1.29, 1.82) is 0 Å². The van der Waals surface area contributed by atoms with Gasteiger partial charge in [0.2, 0.25) is 17.5 Å². The van der Waals surface area contributed by atoms with E-state index >= 15 is 0 Å². The minimum atomic E-state index is -3.48. The van der Waals surface area contributed by atoms with Crippen LogP contribution in [0, 0.1) is 5.21 Å². The number of rotatable bonds is 16. The van der Waals surface area contributed by atoms with Crippen molar-refractivity contribution >= 4 is 41.4 Å². The van der Waals surface area contributed by atoms with E-state index in [0.717, 1.165) is 25.6 Å². The number of aliphatic imine (C=N–C) groups is 1. The first kappa shape index (κ1) is 24.1. The van der Waals surface area contributed by atoms with E-state index in [1.807, 2.05) is 0 Å². The number of nitrogens with two attached hydrogens (primary N) is 1. The van der Waals surface area contributed by atoms with E-state index in [9.17, 15) is 24.4 Å². The second kappa shape index (κ2) is 15.7. The van der Waals surface area contributed by atoms with E-state index in [4.69, 9.17) is 28.3 Å². The molecule has 1 fully saturated rings. The Morgan fingerprint density at radius 3 is 2.41 bits per heavy atom. The van der Waals surface area contributed by atoms with Gasteiger partial charge in [-0.15, -0.1) is 0 Å². The van der Waals surface area contributed by atoms with E-state index in [1.165, 1.54) is 29.2 Å². The molecule has 1 aromatic carbocycles. The van der Waals surface area contributed by atoms with Crippen LogP contribution < -0.4 is 21.4 Å². The number of carbonyl (C=O) groups is 4. The lowest BCUT2D eigenvalue weighted by atomic mass is 9.88. The van der Waals surface area contributed by atoms with Gasteiger partial charge in [0.15, 0.2) is 11.4 Å². The fourth-order valence-corrected chi connectivity index (χ4v) is 6.13. The molecule has 0 aliphatic carbocycles. The topological polar surface area (TPSA) is 202 Å². The molecule has 1 saturated heterocycles. The van der Waals surface area contributed by atoms with E-state index < -0.39 is 84.6 Å². The largest absolute Gasteiger partial charge is 0.632 e. The molecule has 0 aromatic heterocycles. The number of benzene rings is 1. The summed E-state index contributed by atoms with van der Waals surface area (Å²) in [7, 11) is 0. The van der Waals surface area contributed by atoms with Crippen molar-refractivity contribution in [2.75, 3.05) is 25.4 Å². The summed E-state index contributed by atoms with van der Waals surface area (Å²) in [6.07, 6.45) is -8.10. The first-order chi connectivity index (χ1) is 24.3. The Balaban J connectivity index is 2.00. The molecule has 0 spiro atoms. The van der Waals surface area contributed by atoms with Crippen LogP contribution in [0.25, 0.3) is 0 Å². The Morgan fingerprint density at radius 2 is 1.84 bits per heavy atom. The summed E-state index contributed by atoms with van der Waals surface area (Å²) in [5, 5.41) is 36.1. The number of carboxylic acids is 2. The summed E-state index contributed by atoms with van der Waals surface area (Å²) in [5.74, 6) is -4.45.